The molecule has 2 heterocycles. The number of hydrogen-bond acceptors (Lipinski definition) is 5. The van der Waals surface area contributed by atoms with Gasteiger partial charge in [-0.15, -0.1) is 0 Å². The zero-order chi connectivity index (χ0) is 24.8. The van der Waals surface area contributed by atoms with E-state index in [-0.39, 0.29) is 48.1 Å². The highest BCUT2D eigenvalue weighted by Crippen LogP contribution is 2.31. The molecule has 2 aromatic rings. The highest BCUT2D eigenvalue weighted by molar-refractivity contribution is 6.05. The van der Waals surface area contributed by atoms with Crippen molar-refractivity contribution in [2.45, 2.75) is 51.6 Å². The minimum absolute atomic E-state index is 0.0821. The maximum atomic E-state index is 14.5. The van der Waals surface area contributed by atoms with Gasteiger partial charge in [-0.1, -0.05) is 32.9 Å². The number of nitrogens with one attached hydrogen (secondary N) is 1. The smallest absolute Gasteiger partial charge is 0.410 e. The normalized spacial score (nSPS) is 18.0. The Morgan fingerprint density at radius 2 is 1.88 bits per heavy atom. The topological polar surface area (TPSA) is 96.0 Å². The average molecular weight is 467 g/mol. The largest absolute Gasteiger partial charge is 0.419 e. The van der Waals surface area contributed by atoms with Crippen LogP contribution in [0.3, 0.4) is 0 Å². The van der Waals surface area contributed by atoms with Crippen LogP contribution in [0.15, 0.2) is 36.4 Å². The fourth-order valence-electron chi connectivity index (χ4n) is 4.10. The molecule has 1 unspecified atom stereocenters. The summed E-state index contributed by atoms with van der Waals surface area (Å²) in [5.41, 5.74) is 1.71. The number of nitrogens with zero attached hydrogens (tertiary/aromatic N) is 2. The molecule has 8 nitrogen and oxygen atoms in total. The number of ether oxygens (including phenoxy) is 1. The Hall–Kier alpha value is -3.75. The van der Waals surface area contributed by atoms with Gasteiger partial charge in [0.05, 0.1) is 5.69 Å². The van der Waals surface area contributed by atoms with Gasteiger partial charge in [0.15, 0.2) is 0 Å². The second-order valence-electron chi connectivity index (χ2n) is 9.56. The van der Waals surface area contributed by atoms with E-state index in [2.05, 4.69) is 5.32 Å². The van der Waals surface area contributed by atoms with Crippen LogP contribution in [0, 0.1) is 5.82 Å². The second kappa shape index (κ2) is 8.55. The van der Waals surface area contributed by atoms with E-state index < -0.39 is 23.9 Å². The van der Waals surface area contributed by atoms with Crippen molar-refractivity contribution in [3.8, 4) is 5.75 Å². The Bertz CT molecular complexity index is 1200. The summed E-state index contributed by atoms with van der Waals surface area (Å²) in [5, 5.41) is 2.26. The summed E-state index contributed by atoms with van der Waals surface area (Å²) in [6.45, 7) is 6.19. The highest BCUT2D eigenvalue weighted by atomic mass is 19.1. The Morgan fingerprint density at radius 3 is 2.56 bits per heavy atom. The van der Waals surface area contributed by atoms with Gasteiger partial charge in [-0.3, -0.25) is 24.6 Å². The number of carbonyl (C=O) groups is 4. The zero-order valence-electron chi connectivity index (χ0n) is 19.5. The number of carbonyl (C=O) groups excluding carboxylic acids is 4. The minimum atomic E-state index is -0.808. The molecule has 0 radical (unpaired) electrons. The lowest BCUT2D eigenvalue weighted by Crippen LogP contribution is -2.52. The van der Waals surface area contributed by atoms with Crippen molar-refractivity contribution in [2.75, 3.05) is 11.9 Å². The predicted octanol–water partition coefficient (Wildman–Crippen LogP) is 3.52. The van der Waals surface area contributed by atoms with Crippen molar-refractivity contribution in [2.24, 2.45) is 0 Å². The molecular weight excluding hydrogens is 441 g/mol. The molecule has 1 N–H and O–H groups in total. The van der Waals surface area contributed by atoms with Gasteiger partial charge < -0.3 is 9.64 Å². The molecule has 0 bridgehead atoms. The SMILES string of the molecule is CN(C(=O)Oc1ccc2c(c1)C(=O)N(C1CCC(=O)NC1=O)C2)c1cc(C(C)(C)C)ccc1F. The van der Waals surface area contributed by atoms with Gasteiger partial charge in [-0.05, 0) is 47.2 Å². The van der Waals surface area contributed by atoms with Crippen molar-refractivity contribution in [3.05, 3.63) is 58.9 Å². The first-order valence-corrected chi connectivity index (χ1v) is 11.0. The number of imide groups is 1. The molecule has 2 aliphatic heterocycles. The van der Waals surface area contributed by atoms with E-state index in [1.165, 1.54) is 24.1 Å². The van der Waals surface area contributed by atoms with Crippen molar-refractivity contribution >= 4 is 29.5 Å². The van der Waals surface area contributed by atoms with Crippen molar-refractivity contribution in [3.63, 3.8) is 0 Å². The van der Waals surface area contributed by atoms with Crippen LogP contribution in [0.1, 0.15) is 55.1 Å². The first kappa shape index (κ1) is 23.4. The van der Waals surface area contributed by atoms with Crippen LogP contribution >= 0.6 is 0 Å². The lowest BCUT2D eigenvalue weighted by Gasteiger charge is -2.29. The number of hydrogen-bond donors (Lipinski definition) is 1. The van der Waals surface area contributed by atoms with E-state index in [1.807, 2.05) is 20.8 Å². The molecule has 1 fully saturated rings. The number of piperidine rings is 1. The standard InChI is InChI=1S/C25H26FN3O5/c1-25(2,3)15-6-8-18(26)20(11-15)28(4)24(33)34-16-7-5-14-13-29(23(32)17(14)12-16)19-9-10-21(30)27-22(19)31/h5-8,11-12,19H,9-10,13H2,1-4H3,(H,27,30,31). The van der Waals surface area contributed by atoms with Crippen LogP contribution in [0.2, 0.25) is 0 Å². The number of rotatable bonds is 3. The molecule has 2 aliphatic rings. The highest BCUT2D eigenvalue weighted by Gasteiger charge is 2.39. The maximum Gasteiger partial charge on any atom is 0.419 e. The van der Waals surface area contributed by atoms with E-state index in [1.54, 1.807) is 24.3 Å². The Morgan fingerprint density at radius 1 is 1.15 bits per heavy atom. The fourth-order valence-corrected chi connectivity index (χ4v) is 4.10. The van der Waals surface area contributed by atoms with E-state index >= 15 is 0 Å². The Kier molecular flexibility index (Phi) is 5.89. The first-order chi connectivity index (χ1) is 16.0. The molecule has 2 aromatic carbocycles. The van der Waals surface area contributed by atoms with Crippen LogP contribution < -0.4 is 15.0 Å². The molecule has 0 saturated carbocycles. The average Bonchev–Trinajstić information content (AvgIpc) is 3.08. The van der Waals surface area contributed by atoms with Gasteiger partial charge in [0, 0.05) is 25.6 Å². The number of benzene rings is 2. The second-order valence-corrected chi connectivity index (χ2v) is 9.56. The van der Waals surface area contributed by atoms with Crippen molar-refractivity contribution < 1.29 is 28.3 Å². The minimum Gasteiger partial charge on any atom is -0.410 e. The van der Waals surface area contributed by atoms with Gasteiger partial charge in [0.2, 0.25) is 11.8 Å². The van der Waals surface area contributed by atoms with E-state index in [4.69, 9.17) is 4.74 Å². The van der Waals surface area contributed by atoms with Gasteiger partial charge in [-0.25, -0.2) is 9.18 Å². The monoisotopic (exact) mass is 467 g/mol. The quantitative estimate of drug-likeness (QED) is 0.697. The van der Waals surface area contributed by atoms with Crippen LogP contribution in [0.4, 0.5) is 14.9 Å². The van der Waals surface area contributed by atoms with Crippen molar-refractivity contribution in [1.29, 1.82) is 0 Å². The molecule has 0 aromatic heterocycles. The third-order valence-corrected chi connectivity index (χ3v) is 6.15. The third-order valence-electron chi connectivity index (χ3n) is 6.15. The summed E-state index contributed by atoms with van der Waals surface area (Å²) >= 11 is 0. The molecular formula is C25H26FN3O5. The number of fused-ring (bicyclic) bond motifs is 1. The van der Waals surface area contributed by atoms with Gasteiger partial charge in [-0.2, -0.15) is 0 Å². The van der Waals surface area contributed by atoms with Gasteiger partial charge in [0.1, 0.15) is 17.6 Å². The molecule has 0 spiro atoms. The Balaban J connectivity index is 1.50. The lowest BCUT2D eigenvalue weighted by molar-refractivity contribution is -0.136. The van der Waals surface area contributed by atoms with Gasteiger partial charge >= 0.3 is 6.09 Å². The van der Waals surface area contributed by atoms with Crippen LogP contribution in [0.5, 0.6) is 5.75 Å². The molecule has 4 rings (SSSR count). The summed E-state index contributed by atoms with van der Waals surface area (Å²) in [4.78, 5) is 51.8. The Labute approximate surface area is 196 Å². The first-order valence-electron chi connectivity index (χ1n) is 11.0. The molecule has 4 amide bonds. The number of halogens is 1. The van der Waals surface area contributed by atoms with Crippen LogP contribution in [-0.2, 0) is 21.5 Å². The fraction of sp³-hybridized carbons (Fsp3) is 0.360. The molecule has 178 valence electrons. The predicted molar refractivity (Wildman–Crippen MR) is 122 cm³/mol. The van der Waals surface area contributed by atoms with E-state index in [0.29, 0.717) is 11.1 Å². The lowest BCUT2D eigenvalue weighted by atomic mass is 9.87. The third kappa shape index (κ3) is 4.37. The van der Waals surface area contributed by atoms with Crippen molar-refractivity contribution in [1.82, 2.24) is 10.2 Å². The molecule has 34 heavy (non-hydrogen) atoms. The van der Waals surface area contributed by atoms with Gasteiger partial charge in [0.25, 0.3) is 5.91 Å². The summed E-state index contributed by atoms with van der Waals surface area (Å²) < 4.78 is 19.9. The summed E-state index contributed by atoms with van der Waals surface area (Å²) in [6, 6.07) is 8.52. The summed E-state index contributed by atoms with van der Waals surface area (Å²) in [5.74, 6) is -1.66. The zero-order valence-corrected chi connectivity index (χ0v) is 19.5. The van der Waals surface area contributed by atoms with E-state index in [0.717, 1.165) is 10.5 Å². The molecule has 1 atom stereocenters. The molecule has 9 heteroatoms. The van der Waals surface area contributed by atoms with Crippen LogP contribution in [-0.4, -0.2) is 41.8 Å². The number of anilines is 1. The van der Waals surface area contributed by atoms with Crippen LogP contribution in [0.25, 0.3) is 0 Å². The van der Waals surface area contributed by atoms with E-state index in [9.17, 15) is 23.6 Å². The maximum absolute atomic E-state index is 14.5. The number of amides is 4. The summed E-state index contributed by atoms with van der Waals surface area (Å²) in [7, 11) is 1.41. The summed E-state index contributed by atoms with van der Waals surface area (Å²) in [6.07, 6.45) is -0.382. The molecule has 0 aliphatic carbocycles. The molecule has 1 saturated heterocycles.